The van der Waals surface area contributed by atoms with Gasteiger partial charge in [-0.3, -0.25) is 0 Å². The topological polar surface area (TPSA) is 20.7 Å². The van der Waals surface area contributed by atoms with Gasteiger partial charge in [0, 0.05) is 33.9 Å². The molecule has 0 radical (unpaired) electrons. The molecule has 0 unspecified atom stereocenters. The molecular formula is C20H18N2. The van der Waals surface area contributed by atoms with E-state index in [1.54, 1.807) is 0 Å². The van der Waals surface area contributed by atoms with E-state index in [2.05, 4.69) is 64.3 Å². The van der Waals surface area contributed by atoms with E-state index in [1.807, 2.05) is 0 Å². The Morgan fingerprint density at radius 2 is 1.91 bits per heavy atom. The number of aromatic amines is 1. The van der Waals surface area contributed by atoms with Crippen LogP contribution in [0, 0.1) is 0 Å². The van der Waals surface area contributed by atoms with E-state index in [0.29, 0.717) is 0 Å². The fourth-order valence-electron chi connectivity index (χ4n) is 3.81. The summed E-state index contributed by atoms with van der Waals surface area (Å²) in [6.45, 7) is 0. The molecule has 108 valence electrons. The van der Waals surface area contributed by atoms with Crippen molar-refractivity contribution in [1.29, 1.82) is 0 Å². The lowest BCUT2D eigenvalue weighted by Crippen LogP contribution is -1.96. The molecule has 22 heavy (non-hydrogen) atoms. The zero-order valence-electron chi connectivity index (χ0n) is 12.5. The lowest BCUT2D eigenvalue weighted by molar-refractivity contribution is 0.951. The highest BCUT2D eigenvalue weighted by molar-refractivity contribution is 6.09. The molecule has 0 saturated heterocycles. The second-order valence-electron chi connectivity index (χ2n) is 6.19. The minimum Gasteiger partial charge on any atom is -0.357 e. The van der Waals surface area contributed by atoms with Crippen LogP contribution in [0.3, 0.4) is 0 Å². The second kappa shape index (κ2) is 4.51. The standard InChI is InChI=1S/C20H18N2/c1-2-6-14(7-3-1)22-13-12-17-19(22)11-10-16-15-8-4-5-9-18(15)21-20(16)17/h1-2,4,6,8,10-13,21H,3,5,7,9H2. The molecule has 0 bridgehead atoms. The second-order valence-corrected chi connectivity index (χ2v) is 6.19. The smallest absolute Gasteiger partial charge is 0.0557 e. The third-order valence-corrected chi connectivity index (χ3v) is 4.91. The van der Waals surface area contributed by atoms with Gasteiger partial charge in [0.05, 0.1) is 11.0 Å². The summed E-state index contributed by atoms with van der Waals surface area (Å²) in [5.74, 6) is 0. The lowest BCUT2D eigenvalue weighted by atomic mass is 10.0. The van der Waals surface area contributed by atoms with Gasteiger partial charge in [0.25, 0.3) is 0 Å². The van der Waals surface area contributed by atoms with E-state index in [0.717, 1.165) is 25.7 Å². The normalized spacial score (nSPS) is 17.2. The number of fused-ring (bicyclic) bond motifs is 5. The van der Waals surface area contributed by atoms with Gasteiger partial charge < -0.3 is 9.55 Å². The summed E-state index contributed by atoms with van der Waals surface area (Å²) >= 11 is 0. The molecule has 2 nitrogen and oxygen atoms in total. The Morgan fingerprint density at radius 1 is 0.955 bits per heavy atom. The highest BCUT2D eigenvalue weighted by atomic mass is 15.0. The molecule has 5 rings (SSSR count). The van der Waals surface area contributed by atoms with Gasteiger partial charge in [-0.2, -0.15) is 0 Å². The number of hydrogen-bond donors (Lipinski definition) is 1. The number of allylic oxidation sites excluding steroid dienone is 5. The third-order valence-electron chi connectivity index (χ3n) is 4.91. The minimum atomic E-state index is 1.11. The Hall–Kier alpha value is -2.48. The molecule has 2 heteroatoms. The van der Waals surface area contributed by atoms with Gasteiger partial charge >= 0.3 is 0 Å². The quantitative estimate of drug-likeness (QED) is 0.629. The molecule has 0 saturated carbocycles. The van der Waals surface area contributed by atoms with E-state index in [4.69, 9.17) is 0 Å². The van der Waals surface area contributed by atoms with Crippen molar-refractivity contribution in [3.63, 3.8) is 0 Å². The summed E-state index contributed by atoms with van der Waals surface area (Å²) in [6, 6.07) is 6.80. The highest BCUT2D eigenvalue weighted by Gasteiger charge is 2.15. The Labute approximate surface area is 129 Å². The first-order valence-corrected chi connectivity index (χ1v) is 8.09. The molecular weight excluding hydrogens is 268 g/mol. The molecule has 0 spiro atoms. The first-order valence-electron chi connectivity index (χ1n) is 8.09. The van der Waals surface area contributed by atoms with Crippen LogP contribution in [0.5, 0.6) is 0 Å². The molecule has 1 aromatic carbocycles. The monoisotopic (exact) mass is 286 g/mol. The lowest BCUT2D eigenvalue weighted by Gasteiger charge is -2.12. The number of aryl methyl sites for hydroxylation is 1. The van der Waals surface area contributed by atoms with Crippen LogP contribution in [0.4, 0.5) is 0 Å². The van der Waals surface area contributed by atoms with Crippen molar-refractivity contribution in [2.75, 3.05) is 0 Å². The van der Waals surface area contributed by atoms with Crippen LogP contribution in [0.25, 0.3) is 33.6 Å². The Kier molecular flexibility index (Phi) is 2.48. The molecule has 0 aliphatic heterocycles. The fourth-order valence-corrected chi connectivity index (χ4v) is 3.81. The predicted molar refractivity (Wildman–Crippen MR) is 93.8 cm³/mol. The summed E-state index contributed by atoms with van der Waals surface area (Å²) < 4.78 is 2.34. The molecule has 2 heterocycles. The Bertz CT molecular complexity index is 976. The van der Waals surface area contributed by atoms with Crippen LogP contribution in [-0.4, -0.2) is 9.55 Å². The maximum absolute atomic E-state index is 3.68. The van der Waals surface area contributed by atoms with Crippen molar-refractivity contribution in [2.45, 2.75) is 25.7 Å². The number of aromatic nitrogens is 2. The zero-order chi connectivity index (χ0) is 14.5. The van der Waals surface area contributed by atoms with Crippen molar-refractivity contribution in [1.82, 2.24) is 9.55 Å². The summed E-state index contributed by atoms with van der Waals surface area (Å²) in [4.78, 5) is 3.68. The first-order chi connectivity index (χ1) is 10.9. The maximum Gasteiger partial charge on any atom is 0.0557 e. The number of rotatable bonds is 1. The summed E-state index contributed by atoms with van der Waals surface area (Å²) in [7, 11) is 0. The van der Waals surface area contributed by atoms with E-state index >= 15 is 0 Å². The Balaban J connectivity index is 1.79. The summed E-state index contributed by atoms with van der Waals surface area (Å²) in [5, 5.41) is 2.68. The third kappa shape index (κ3) is 1.61. The SMILES string of the molecule is C1=CCCC(n2ccc3c4[nH]c5c(c4ccc32)C=CCC5)=C1. The largest absolute Gasteiger partial charge is 0.357 e. The highest BCUT2D eigenvalue weighted by Crippen LogP contribution is 2.34. The van der Waals surface area contributed by atoms with Gasteiger partial charge in [0.15, 0.2) is 0 Å². The molecule has 2 aliphatic carbocycles. The molecule has 0 atom stereocenters. The van der Waals surface area contributed by atoms with Gasteiger partial charge in [-0.15, -0.1) is 0 Å². The van der Waals surface area contributed by atoms with Crippen LogP contribution >= 0.6 is 0 Å². The van der Waals surface area contributed by atoms with Crippen LogP contribution in [0.15, 0.2) is 48.7 Å². The number of benzene rings is 1. The first kappa shape index (κ1) is 12.1. The molecule has 0 fully saturated rings. The molecule has 0 amide bonds. The summed E-state index contributed by atoms with van der Waals surface area (Å²) in [6.07, 6.45) is 17.9. The van der Waals surface area contributed by atoms with Crippen molar-refractivity contribution in [3.8, 4) is 0 Å². The summed E-state index contributed by atoms with van der Waals surface area (Å²) in [5.41, 5.74) is 6.75. The van der Waals surface area contributed by atoms with Crippen molar-refractivity contribution in [3.05, 3.63) is 60.0 Å². The average molecular weight is 286 g/mol. The average Bonchev–Trinajstić information content (AvgIpc) is 3.16. The van der Waals surface area contributed by atoms with Gasteiger partial charge in [0.2, 0.25) is 0 Å². The van der Waals surface area contributed by atoms with Crippen LogP contribution < -0.4 is 0 Å². The van der Waals surface area contributed by atoms with Crippen LogP contribution in [0.2, 0.25) is 0 Å². The van der Waals surface area contributed by atoms with Crippen molar-refractivity contribution in [2.24, 2.45) is 0 Å². The van der Waals surface area contributed by atoms with E-state index in [9.17, 15) is 0 Å². The van der Waals surface area contributed by atoms with Crippen LogP contribution in [-0.2, 0) is 6.42 Å². The molecule has 3 aromatic rings. The van der Waals surface area contributed by atoms with E-state index < -0.39 is 0 Å². The van der Waals surface area contributed by atoms with Crippen molar-refractivity contribution < 1.29 is 0 Å². The minimum absolute atomic E-state index is 1.11. The van der Waals surface area contributed by atoms with Crippen molar-refractivity contribution >= 4 is 33.6 Å². The predicted octanol–water partition coefficient (Wildman–Crippen LogP) is 5.27. The number of hydrogen-bond acceptors (Lipinski definition) is 0. The van der Waals surface area contributed by atoms with Gasteiger partial charge in [-0.1, -0.05) is 30.4 Å². The van der Waals surface area contributed by atoms with E-state index in [-0.39, 0.29) is 0 Å². The van der Waals surface area contributed by atoms with Crippen LogP contribution in [0.1, 0.15) is 30.5 Å². The van der Waals surface area contributed by atoms with Gasteiger partial charge in [0.1, 0.15) is 0 Å². The number of H-pyrrole nitrogens is 1. The molecule has 2 aromatic heterocycles. The van der Waals surface area contributed by atoms with E-state index in [1.165, 1.54) is 38.8 Å². The maximum atomic E-state index is 3.68. The van der Waals surface area contributed by atoms with Gasteiger partial charge in [-0.05, 0) is 43.9 Å². The zero-order valence-corrected chi connectivity index (χ0v) is 12.5. The molecule has 2 aliphatic rings. The molecule has 1 N–H and O–H groups in total. The number of nitrogens with zero attached hydrogens (tertiary/aromatic N) is 1. The fraction of sp³-hybridized carbons (Fsp3) is 0.200. The van der Waals surface area contributed by atoms with Gasteiger partial charge in [-0.25, -0.2) is 0 Å². The Morgan fingerprint density at radius 3 is 2.82 bits per heavy atom. The number of nitrogens with one attached hydrogen (secondary N) is 1.